The van der Waals surface area contributed by atoms with Gasteiger partial charge in [0.25, 0.3) is 0 Å². The first-order chi connectivity index (χ1) is 6.45. The lowest BCUT2D eigenvalue weighted by molar-refractivity contribution is 0.993. The first kappa shape index (κ1) is 6.96. The number of benzene rings is 1. The lowest BCUT2D eigenvalue weighted by Crippen LogP contribution is -1.94. The van der Waals surface area contributed by atoms with Crippen LogP contribution >= 0.6 is 0 Å². The molecule has 0 spiro atoms. The molecule has 1 nitrogen and oxygen atoms in total. The van der Waals surface area contributed by atoms with Crippen molar-refractivity contribution in [1.29, 1.82) is 0 Å². The Morgan fingerprint density at radius 3 is 3.15 bits per heavy atom. The molecule has 0 amide bonds. The standard InChI is InChI=1S/C12H11N/c1-2-4-11-9(3-1)5-6-10-7-8-13-12(10)11/h1,3,5-8,13H,2,4H2. The number of nitrogens with one attached hydrogen (secondary N) is 1. The zero-order chi connectivity index (χ0) is 8.67. The van der Waals surface area contributed by atoms with E-state index in [1.165, 1.54) is 34.9 Å². The van der Waals surface area contributed by atoms with Crippen molar-refractivity contribution in [2.45, 2.75) is 12.8 Å². The van der Waals surface area contributed by atoms with Crippen LogP contribution in [0.15, 0.2) is 30.5 Å². The summed E-state index contributed by atoms with van der Waals surface area (Å²) in [6.45, 7) is 0. The molecule has 0 fully saturated rings. The zero-order valence-electron chi connectivity index (χ0n) is 7.38. The third-order valence-corrected chi connectivity index (χ3v) is 2.73. The molecule has 0 bridgehead atoms. The fraction of sp³-hybridized carbons (Fsp3) is 0.167. The summed E-state index contributed by atoms with van der Waals surface area (Å²) in [5.74, 6) is 0. The molecular formula is C12H11N. The predicted molar refractivity (Wildman–Crippen MR) is 55.7 cm³/mol. The van der Waals surface area contributed by atoms with Crippen molar-refractivity contribution in [2.75, 3.05) is 0 Å². The molecule has 1 aliphatic carbocycles. The maximum absolute atomic E-state index is 3.31. The van der Waals surface area contributed by atoms with E-state index in [0.717, 1.165) is 0 Å². The molecule has 1 aromatic carbocycles. The van der Waals surface area contributed by atoms with E-state index in [1.54, 1.807) is 0 Å². The van der Waals surface area contributed by atoms with E-state index in [1.807, 2.05) is 6.20 Å². The lowest BCUT2D eigenvalue weighted by Gasteiger charge is -2.10. The first-order valence-electron chi connectivity index (χ1n) is 4.71. The summed E-state index contributed by atoms with van der Waals surface area (Å²) >= 11 is 0. The van der Waals surface area contributed by atoms with E-state index in [-0.39, 0.29) is 0 Å². The largest absolute Gasteiger partial charge is 0.361 e. The highest BCUT2D eigenvalue weighted by Crippen LogP contribution is 2.26. The maximum atomic E-state index is 3.31. The van der Waals surface area contributed by atoms with Crippen LogP contribution in [0, 0.1) is 0 Å². The topological polar surface area (TPSA) is 15.8 Å². The van der Waals surface area contributed by atoms with Crippen LogP contribution in [0.2, 0.25) is 0 Å². The molecule has 3 rings (SSSR count). The van der Waals surface area contributed by atoms with Gasteiger partial charge in [-0.25, -0.2) is 0 Å². The Morgan fingerprint density at radius 1 is 1.15 bits per heavy atom. The van der Waals surface area contributed by atoms with Gasteiger partial charge in [-0.2, -0.15) is 0 Å². The molecule has 0 radical (unpaired) electrons. The summed E-state index contributed by atoms with van der Waals surface area (Å²) in [6.07, 6.45) is 8.83. The third-order valence-electron chi connectivity index (χ3n) is 2.73. The van der Waals surface area contributed by atoms with Crippen molar-refractivity contribution >= 4 is 17.0 Å². The molecule has 1 heteroatoms. The highest BCUT2D eigenvalue weighted by molar-refractivity contribution is 5.86. The molecule has 0 atom stereocenters. The predicted octanol–water partition coefficient (Wildman–Crippen LogP) is 3.13. The Bertz CT molecular complexity index is 477. The van der Waals surface area contributed by atoms with Gasteiger partial charge in [0.2, 0.25) is 0 Å². The van der Waals surface area contributed by atoms with E-state index in [4.69, 9.17) is 0 Å². The SMILES string of the molecule is C1=Cc2ccc3cc[nH]c3c2CC1. The van der Waals surface area contributed by atoms with Crippen LogP contribution in [0.1, 0.15) is 17.5 Å². The molecule has 0 saturated heterocycles. The number of aromatic nitrogens is 1. The number of allylic oxidation sites excluding steroid dienone is 1. The lowest BCUT2D eigenvalue weighted by atomic mass is 9.95. The third kappa shape index (κ3) is 0.934. The minimum absolute atomic E-state index is 1.17. The van der Waals surface area contributed by atoms with Gasteiger partial charge < -0.3 is 4.98 Å². The van der Waals surface area contributed by atoms with Gasteiger partial charge in [-0.15, -0.1) is 0 Å². The number of rotatable bonds is 0. The van der Waals surface area contributed by atoms with E-state index in [9.17, 15) is 0 Å². The first-order valence-corrected chi connectivity index (χ1v) is 4.71. The quantitative estimate of drug-likeness (QED) is 0.623. The van der Waals surface area contributed by atoms with Crippen LogP contribution in [-0.4, -0.2) is 4.98 Å². The molecule has 1 aliphatic rings. The van der Waals surface area contributed by atoms with Gasteiger partial charge in [-0.05, 0) is 35.4 Å². The van der Waals surface area contributed by atoms with Gasteiger partial charge in [0.15, 0.2) is 0 Å². The van der Waals surface area contributed by atoms with Gasteiger partial charge in [0, 0.05) is 11.7 Å². The Morgan fingerprint density at radius 2 is 2.15 bits per heavy atom. The monoisotopic (exact) mass is 169 g/mol. The minimum atomic E-state index is 1.17. The number of aromatic amines is 1. The summed E-state index contributed by atoms with van der Waals surface area (Å²) in [5.41, 5.74) is 4.17. The highest BCUT2D eigenvalue weighted by Gasteiger charge is 2.08. The van der Waals surface area contributed by atoms with Crippen molar-refractivity contribution in [3.8, 4) is 0 Å². The Balaban J connectivity index is 2.42. The molecule has 1 aromatic heterocycles. The molecule has 1 N–H and O–H groups in total. The fourth-order valence-corrected chi connectivity index (χ4v) is 2.07. The van der Waals surface area contributed by atoms with Crippen molar-refractivity contribution < 1.29 is 0 Å². The van der Waals surface area contributed by atoms with E-state index in [2.05, 4.69) is 35.3 Å². The normalized spacial score (nSPS) is 14.8. The van der Waals surface area contributed by atoms with Gasteiger partial charge >= 0.3 is 0 Å². The molecule has 13 heavy (non-hydrogen) atoms. The minimum Gasteiger partial charge on any atom is -0.361 e. The summed E-state index contributed by atoms with van der Waals surface area (Å²) in [5, 5.41) is 1.33. The van der Waals surface area contributed by atoms with E-state index in [0.29, 0.717) is 0 Å². The van der Waals surface area contributed by atoms with Crippen molar-refractivity contribution in [2.24, 2.45) is 0 Å². The number of hydrogen-bond acceptors (Lipinski definition) is 0. The van der Waals surface area contributed by atoms with Crippen LogP contribution in [-0.2, 0) is 6.42 Å². The summed E-state index contributed by atoms with van der Waals surface area (Å²) in [6, 6.07) is 6.52. The van der Waals surface area contributed by atoms with Crippen LogP contribution in [0.3, 0.4) is 0 Å². The van der Waals surface area contributed by atoms with E-state index < -0.39 is 0 Å². The maximum Gasteiger partial charge on any atom is 0.0492 e. The molecule has 64 valence electrons. The summed E-state index contributed by atoms with van der Waals surface area (Å²) in [4.78, 5) is 3.31. The van der Waals surface area contributed by atoms with Crippen molar-refractivity contribution in [3.63, 3.8) is 0 Å². The number of fused-ring (bicyclic) bond motifs is 3. The number of H-pyrrole nitrogens is 1. The summed E-state index contributed by atoms with van der Waals surface area (Å²) < 4.78 is 0. The number of aryl methyl sites for hydroxylation is 1. The highest BCUT2D eigenvalue weighted by atomic mass is 14.7. The molecule has 1 heterocycles. The Hall–Kier alpha value is -1.50. The van der Waals surface area contributed by atoms with Crippen LogP contribution in [0.5, 0.6) is 0 Å². The second kappa shape index (κ2) is 2.49. The molecule has 2 aromatic rings. The summed E-state index contributed by atoms with van der Waals surface area (Å²) in [7, 11) is 0. The van der Waals surface area contributed by atoms with Crippen molar-refractivity contribution in [1.82, 2.24) is 4.98 Å². The second-order valence-electron chi connectivity index (χ2n) is 3.52. The van der Waals surface area contributed by atoms with Gasteiger partial charge in [-0.3, -0.25) is 0 Å². The Kier molecular flexibility index (Phi) is 1.33. The van der Waals surface area contributed by atoms with Gasteiger partial charge in [0.1, 0.15) is 0 Å². The molecule has 0 saturated carbocycles. The molecular weight excluding hydrogens is 158 g/mol. The van der Waals surface area contributed by atoms with Gasteiger partial charge in [-0.1, -0.05) is 24.3 Å². The fourth-order valence-electron chi connectivity index (χ4n) is 2.07. The zero-order valence-corrected chi connectivity index (χ0v) is 7.38. The van der Waals surface area contributed by atoms with E-state index >= 15 is 0 Å². The van der Waals surface area contributed by atoms with Crippen molar-refractivity contribution in [3.05, 3.63) is 41.6 Å². The van der Waals surface area contributed by atoms with Crippen LogP contribution in [0.25, 0.3) is 17.0 Å². The number of hydrogen-bond donors (Lipinski definition) is 1. The molecule has 0 aliphatic heterocycles. The average molecular weight is 169 g/mol. The van der Waals surface area contributed by atoms with Crippen LogP contribution in [0.4, 0.5) is 0 Å². The smallest absolute Gasteiger partial charge is 0.0492 e. The Labute approximate surface area is 77.1 Å². The molecule has 0 unspecified atom stereocenters. The second-order valence-corrected chi connectivity index (χ2v) is 3.52. The average Bonchev–Trinajstić information content (AvgIpc) is 2.65. The van der Waals surface area contributed by atoms with Gasteiger partial charge in [0.05, 0.1) is 0 Å². The van der Waals surface area contributed by atoms with Crippen LogP contribution < -0.4 is 0 Å².